The van der Waals surface area contributed by atoms with Gasteiger partial charge in [-0.15, -0.1) is 11.3 Å². The molecule has 6 heteroatoms. The summed E-state index contributed by atoms with van der Waals surface area (Å²) in [6, 6.07) is 11.9. The van der Waals surface area contributed by atoms with Crippen molar-refractivity contribution >= 4 is 33.1 Å². The van der Waals surface area contributed by atoms with Crippen molar-refractivity contribution in [2.75, 3.05) is 31.2 Å². The van der Waals surface area contributed by atoms with Crippen molar-refractivity contribution in [3.05, 3.63) is 58.1 Å². The summed E-state index contributed by atoms with van der Waals surface area (Å²) in [7, 11) is 0. The molecule has 0 atom stereocenters. The summed E-state index contributed by atoms with van der Waals surface area (Å²) in [5.74, 6) is -0.400. The summed E-state index contributed by atoms with van der Waals surface area (Å²) in [6.07, 6.45) is 0.781. The Morgan fingerprint density at radius 3 is 2.73 bits per heavy atom. The first kappa shape index (κ1) is 17.0. The number of nitrogens with two attached hydrogens (primary N) is 1. The van der Waals surface area contributed by atoms with Crippen LogP contribution in [0.5, 0.6) is 0 Å². The van der Waals surface area contributed by atoms with E-state index in [1.165, 1.54) is 10.4 Å². The molecule has 1 fully saturated rings. The number of nitrogens with zero attached hydrogens (tertiary/aromatic N) is 2. The van der Waals surface area contributed by atoms with Crippen LogP contribution in [0.2, 0.25) is 0 Å². The van der Waals surface area contributed by atoms with E-state index in [0.717, 1.165) is 54.3 Å². The number of hydrogen-bond acceptors (Lipinski definition) is 5. The minimum atomic E-state index is -0.400. The highest BCUT2D eigenvalue weighted by atomic mass is 32.1. The van der Waals surface area contributed by atoms with Gasteiger partial charge < -0.3 is 15.4 Å². The van der Waals surface area contributed by atoms with Crippen LogP contribution < -0.4 is 10.6 Å². The highest BCUT2D eigenvalue weighted by Crippen LogP contribution is 2.28. The van der Waals surface area contributed by atoms with Crippen molar-refractivity contribution in [3.8, 4) is 0 Å². The summed E-state index contributed by atoms with van der Waals surface area (Å²) < 4.78 is 5.42. The fourth-order valence-electron chi connectivity index (χ4n) is 3.22. The maximum Gasteiger partial charge on any atom is 0.248 e. The Balaban J connectivity index is 1.60. The van der Waals surface area contributed by atoms with Gasteiger partial charge in [0, 0.05) is 30.0 Å². The second kappa shape index (κ2) is 7.05. The summed E-state index contributed by atoms with van der Waals surface area (Å²) in [6.45, 7) is 5.46. The number of carbonyl (C=O) groups excluding carboxylic acids is 1. The number of fused-ring (bicyclic) bond motifs is 1. The van der Waals surface area contributed by atoms with E-state index < -0.39 is 5.91 Å². The molecule has 0 spiro atoms. The zero-order chi connectivity index (χ0) is 18.1. The van der Waals surface area contributed by atoms with E-state index in [4.69, 9.17) is 15.5 Å². The van der Waals surface area contributed by atoms with Crippen LogP contribution in [0.4, 0.5) is 5.13 Å². The largest absolute Gasteiger partial charge is 0.378 e. The highest BCUT2D eigenvalue weighted by Gasteiger charge is 2.17. The van der Waals surface area contributed by atoms with Crippen LogP contribution in [-0.2, 0) is 11.2 Å². The molecule has 1 aromatic heterocycles. The van der Waals surface area contributed by atoms with Crippen LogP contribution in [0.15, 0.2) is 36.4 Å². The number of primary amides is 1. The van der Waals surface area contributed by atoms with Gasteiger partial charge in [0.1, 0.15) is 0 Å². The van der Waals surface area contributed by atoms with Crippen molar-refractivity contribution in [1.29, 1.82) is 0 Å². The quantitative estimate of drug-likeness (QED) is 0.769. The summed E-state index contributed by atoms with van der Waals surface area (Å²) >= 11 is 1.75. The fraction of sp³-hybridized carbons (Fsp3) is 0.300. The molecule has 0 bridgehead atoms. The number of benzene rings is 2. The van der Waals surface area contributed by atoms with Gasteiger partial charge in [0.25, 0.3) is 0 Å². The first-order valence-corrected chi connectivity index (χ1v) is 9.53. The zero-order valence-corrected chi connectivity index (χ0v) is 15.5. The first-order chi connectivity index (χ1) is 12.6. The molecule has 2 heterocycles. The van der Waals surface area contributed by atoms with Gasteiger partial charge >= 0.3 is 0 Å². The minimum Gasteiger partial charge on any atom is -0.378 e. The van der Waals surface area contributed by atoms with Gasteiger partial charge in [0.05, 0.1) is 18.9 Å². The molecule has 1 aliphatic heterocycles. The van der Waals surface area contributed by atoms with Gasteiger partial charge in [0.2, 0.25) is 5.91 Å². The third kappa shape index (κ3) is 3.43. The second-order valence-corrected chi connectivity index (χ2v) is 7.72. The molecule has 1 aliphatic rings. The van der Waals surface area contributed by atoms with Crippen LogP contribution in [-0.4, -0.2) is 37.2 Å². The van der Waals surface area contributed by atoms with Crippen molar-refractivity contribution in [2.45, 2.75) is 13.3 Å². The molecule has 4 rings (SSSR count). The van der Waals surface area contributed by atoms with Crippen LogP contribution in [0.3, 0.4) is 0 Å². The Bertz CT molecular complexity index is 961. The van der Waals surface area contributed by atoms with Crippen molar-refractivity contribution in [3.63, 3.8) is 0 Å². The van der Waals surface area contributed by atoms with E-state index in [0.29, 0.717) is 5.56 Å². The van der Waals surface area contributed by atoms with Crippen LogP contribution >= 0.6 is 11.3 Å². The number of rotatable bonds is 4. The Labute approximate surface area is 156 Å². The van der Waals surface area contributed by atoms with E-state index in [1.807, 2.05) is 12.1 Å². The molecule has 1 amide bonds. The predicted octanol–water partition coefficient (Wildman–Crippen LogP) is 3.13. The molecule has 5 nitrogen and oxygen atoms in total. The molecular formula is C20H21N3O2S. The Kier molecular flexibility index (Phi) is 4.61. The average Bonchev–Trinajstić information content (AvgIpc) is 3.02. The topological polar surface area (TPSA) is 68.4 Å². The molecule has 2 aromatic carbocycles. The van der Waals surface area contributed by atoms with Gasteiger partial charge in [-0.2, -0.15) is 0 Å². The molecule has 0 aliphatic carbocycles. The molecule has 1 saturated heterocycles. The van der Waals surface area contributed by atoms with E-state index in [9.17, 15) is 4.79 Å². The molecular weight excluding hydrogens is 346 g/mol. The van der Waals surface area contributed by atoms with Gasteiger partial charge in [-0.3, -0.25) is 4.79 Å². The monoisotopic (exact) mass is 367 g/mol. The van der Waals surface area contributed by atoms with Gasteiger partial charge in [-0.1, -0.05) is 24.3 Å². The van der Waals surface area contributed by atoms with Crippen LogP contribution in [0.1, 0.15) is 26.5 Å². The number of carbonyl (C=O) groups is 1. The number of morpholine rings is 1. The van der Waals surface area contributed by atoms with Crippen LogP contribution in [0.25, 0.3) is 10.8 Å². The predicted molar refractivity (Wildman–Crippen MR) is 105 cm³/mol. The molecule has 0 saturated carbocycles. The molecule has 2 N–H and O–H groups in total. The molecule has 26 heavy (non-hydrogen) atoms. The standard InChI is InChI=1S/C20H21N3O2S/c1-13-18(22-20(26-13)23-6-8-25-9-7-23)11-14-2-3-15-4-5-16(19(21)24)12-17(15)10-14/h2-5,10,12H,6-9,11H2,1H3,(H2,21,24). The number of anilines is 1. The van der Waals surface area contributed by atoms with E-state index in [-0.39, 0.29) is 0 Å². The lowest BCUT2D eigenvalue weighted by Crippen LogP contribution is -2.36. The Morgan fingerprint density at radius 1 is 1.19 bits per heavy atom. The Hall–Kier alpha value is -2.44. The molecule has 0 unspecified atom stereocenters. The number of aryl methyl sites for hydroxylation is 1. The fourth-order valence-corrected chi connectivity index (χ4v) is 4.20. The van der Waals surface area contributed by atoms with Crippen LogP contribution in [0, 0.1) is 6.92 Å². The van der Waals surface area contributed by atoms with Gasteiger partial charge in [-0.05, 0) is 35.4 Å². The summed E-state index contributed by atoms with van der Waals surface area (Å²) in [5.41, 5.74) is 8.23. The smallest absolute Gasteiger partial charge is 0.248 e. The SMILES string of the molecule is Cc1sc(N2CCOCC2)nc1Cc1ccc2ccc(C(N)=O)cc2c1. The van der Waals surface area contributed by atoms with E-state index >= 15 is 0 Å². The Morgan fingerprint density at radius 2 is 1.96 bits per heavy atom. The lowest BCUT2D eigenvalue weighted by molar-refractivity contribution is 0.100. The third-order valence-corrected chi connectivity index (χ3v) is 5.80. The number of aromatic nitrogens is 1. The van der Waals surface area contributed by atoms with Crippen molar-refractivity contribution in [1.82, 2.24) is 4.98 Å². The van der Waals surface area contributed by atoms with Gasteiger partial charge in [0.15, 0.2) is 5.13 Å². The summed E-state index contributed by atoms with van der Waals surface area (Å²) in [5, 5.41) is 3.21. The maximum absolute atomic E-state index is 11.4. The number of ether oxygens (including phenoxy) is 1. The normalized spacial score (nSPS) is 14.7. The maximum atomic E-state index is 11.4. The number of amides is 1. The van der Waals surface area contributed by atoms with Gasteiger partial charge in [-0.25, -0.2) is 4.98 Å². The zero-order valence-electron chi connectivity index (χ0n) is 14.7. The lowest BCUT2D eigenvalue weighted by atomic mass is 10.0. The number of hydrogen-bond donors (Lipinski definition) is 1. The van der Waals surface area contributed by atoms with Crippen molar-refractivity contribution < 1.29 is 9.53 Å². The summed E-state index contributed by atoms with van der Waals surface area (Å²) in [4.78, 5) is 19.8. The van der Waals surface area contributed by atoms with Crippen molar-refractivity contribution in [2.24, 2.45) is 5.73 Å². The average molecular weight is 367 g/mol. The molecule has 0 radical (unpaired) electrons. The first-order valence-electron chi connectivity index (χ1n) is 8.71. The van der Waals surface area contributed by atoms with E-state index in [1.54, 1.807) is 17.4 Å². The third-order valence-electron chi connectivity index (χ3n) is 4.72. The molecule has 134 valence electrons. The lowest BCUT2D eigenvalue weighted by Gasteiger charge is -2.26. The second-order valence-electron chi connectivity index (χ2n) is 6.54. The molecule has 3 aromatic rings. The van der Waals surface area contributed by atoms with E-state index in [2.05, 4.69) is 30.0 Å². The minimum absolute atomic E-state index is 0.400. The number of thiazole rings is 1. The highest BCUT2D eigenvalue weighted by molar-refractivity contribution is 7.15.